The third-order valence-electron chi connectivity index (χ3n) is 2.31. The van der Waals surface area contributed by atoms with Crippen LogP contribution in [0.25, 0.3) is 0 Å². The van der Waals surface area contributed by atoms with Gasteiger partial charge in [0.1, 0.15) is 0 Å². The van der Waals surface area contributed by atoms with Crippen LogP contribution in [-0.4, -0.2) is 12.6 Å². The van der Waals surface area contributed by atoms with Crippen molar-refractivity contribution in [3.63, 3.8) is 0 Å². The molecule has 2 N–H and O–H groups in total. The Labute approximate surface area is 90.2 Å². The third kappa shape index (κ3) is 2.06. The summed E-state index contributed by atoms with van der Waals surface area (Å²) in [4.78, 5) is 1.31. The van der Waals surface area contributed by atoms with Gasteiger partial charge in [-0.2, -0.15) is 0 Å². The molecule has 0 amide bonds. The molecule has 1 heterocycles. The van der Waals surface area contributed by atoms with Gasteiger partial charge < -0.3 is 10.5 Å². The van der Waals surface area contributed by atoms with Crippen LogP contribution >= 0.6 is 27.3 Å². The summed E-state index contributed by atoms with van der Waals surface area (Å²) in [7, 11) is 1.69. The van der Waals surface area contributed by atoms with E-state index in [-0.39, 0.29) is 5.54 Å². The van der Waals surface area contributed by atoms with Crippen molar-refractivity contribution in [2.75, 3.05) is 7.11 Å². The van der Waals surface area contributed by atoms with Crippen molar-refractivity contribution < 1.29 is 4.74 Å². The van der Waals surface area contributed by atoms with Gasteiger partial charge in [0.25, 0.3) is 0 Å². The van der Waals surface area contributed by atoms with Crippen LogP contribution in [-0.2, 0) is 6.42 Å². The number of hydrogen-bond acceptors (Lipinski definition) is 3. The lowest BCUT2D eigenvalue weighted by Gasteiger charge is -2.04. The molecule has 0 aromatic carbocycles. The van der Waals surface area contributed by atoms with E-state index in [1.54, 1.807) is 18.4 Å². The van der Waals surface area contributed by atoms with Crippen LogP contribution in [0, 0.1) is 0 Å². The summed E-state index contributed by atoms with van der Waals surface area (Å²) < 4.78 is 6.23. The van der Waals surface area contributed by atoms with Crippen LogP contribution in [0.4, 0.5) is 0 Å². The van der Waals surface area contributed by atoms with Gasteiger partial charge in [-0.15, -0.1) is 11.3 Å². The average molecular weight is 262 g/mol. The summed E-state index contributed by atoms with van der Waals surface area (Å²) in [5, 5.41) is 0.944. The van der Waals surface area contributed by atoms with Gasteiger partial charge in [0.2, 0.25) is 0 Å². The first kappa shape index (κ1) is 9.49. The van der Waals surface area contributed by atoms with Crippen molar-refractivity contribution in [1.29, 1.82) is 0 Å². The van der Waals surface area contributed by atoms with Crippen molar-refractivity contribution in [3.8, 4) is 5.06 Å². The van der Waals surface area contributed by atoms with Crippen molar-refractivity contribution in [2.24, 2.45) is 5.73 Å². The SMILES string of the molecule is COc1sc(CC2(N)CC2)cc1Br. The Kier molecular flexibility index (Phi) is 2.38. The fraction of sp³-hybridized carbons (Fsp3) is 0.556. The molecule has 2 nitrogen and oxygen atoms in total. The molecule has 13 heavy (non-hydrogen) atoms. The molecule has 0 unspecified atom stereocenters. The smallest absolute Gasteiger partial charge is 0.188 e. The molecule has 4 heteroatoms. The summed E-state index contributed by atoms with van der Waals surface area (Å²) in [5.41, 5.74) is 6.12. The zero-order chi connectivity index (χ0) is 9.47. The van der Waals surface area contributed by atoms with E-state index in [0.29, 0.717) is 0 Å². The first-order valence-corrected chi connectivity index (χ1v) is 5.85. The Morgan fingerprint density at radius 3 is 2.85 bits per heavy atom. The molecule has 72 valence electrons. The van der Waals surface area contributed by atoms with Crippen LogP contribution in [0.5, 0.6) is 5.06 Å². The average Bonchev–Trinajstić information content (AvgIpc) is 2.67. The molecule has 0 atom stereocenters. The van der Waals surface area contributed by atoms with Gasteiger partial charge in [-0.05, 0) is 41.3 Å². The zero-order valence-electron chi connectivity index (χ0n) is 7.47. The molecule has 1 saturated carbocycles. The number of ether oxygens (including phenoxy) is 1. The molecule has 1 fully saturated rings. The van der Waals surface area contributed by atoms with E-state index in [2.05, 4.69) is 22.0 Å². The van der Waals surface area contributed by atoms with Crippen LogP contribution in [0.15, 0.2) is 10.5 Å². The molecular formula is C9H12BrNOS. The molecule has 0 radical (unpaired) electrons. The Bertz CT molecular complexity index is 319. The topological polar surface area (TPSA) is 35.2 Å². The number of rotatable bonds is 3. The molecule has 1 aromatic heterocycles. The quantitative estimate of drug-likeness (QED) is 0.908. The minimum atomic E-state index is 0.0926. The van der Waals surface area contributed by atoms with E-state index >= 15 is 0 Å². The maximum atomic E-state index is 6.03. The van der Waals surface area contributed by atoms with Gasteiger partial charge in [0.15, 0.2) is 5.06 Å². The minimum Gasteiger partial charge on any atom is -0.486 e. The van der Waals surface area contributed by atoms with E-state index in [0.717, 1.165) is 28.8 Å². The maximum absolute atomic E-state index is 6.03. The fourth-order valence-corrected chi connectivity index (χ4v) is 3.15. The number of halogens is 1. The summed E-state index contributed by atoms with van der Waals surface area (Å²) >= 11 is 5.13. The summed E-state index contributed by atoms with van der Waals surface area (Å²) in [6.07, 6.45) is 3.30. The second-order valence-corrected chi connectivity index (χ2v) is 5.55. The standard InChI is InChI=1S/C9H12BrNOS/c1-12-8-7(10)4-6(13-8)5-9(11)2-3-9/h4H,2-3,5,11H2,1H3. The van der Waals surface area contributed by atoms with Crippen molar-refractivity contribution >= 4 is 27.3 Å². The van der Waals surface area contributed by atoms with Crippen LogP contribution in [0.2, 0.25) is 0 Å². The van der Waals surface area contributed by atoms with E-state index in [9.17, 15) is 0 Å². The molecule has 0 spiro atoms. The van der Waals surface area contributed by atoms with Gasteiger partial charge in [0, 0.05) is 10.4 Å². The predicted octanol–water partition coefficient (Wildman–Crippen LogP) is 2.55. The van der Waals surface area contributed by atoms with Crippen LogP contribution in [0.3, 0.4) is 0 Å². The number of thiophene rings is 1. The molecule has 2 rings (SSSR count). The Hall–Kier alpha value is -0.0600. The van der Waals surface area contributed by atoms with Crippen LogP contribution < -0.4 is 10.5 Å². The summed E-state index contributed by atoms with van der Waals surface area (Å²) in [5.74, 6) is 0. The highest BCUT2D eigenvalue weighted by Gasteiger charge is 2.38. The third-order valence-corrected chi connectivity index (χ3v) is 4.26. The molecule has 1 aromatic rings. The highest BCUT2D eigenvalue weighted by atomic mass is 79.9. The lowest BCUT2D eigenvalue weighted by Crippen LogP contribution is -2.23. The van der Waals surface area contributed by atoms with Crippen molar-refractivity contribution in [3.05, 3.63) is 15.4 Å². The number of methoxy groups -OCH3 is 1. The van der Waals surface area contributed by atoms with Gasteiger partial charge in [0.05, 0.1) is 11.6 Å². The zero-order valence-corrected chi connectivity index (χ0v) is 9.87. The molecule has 1 aliphatic carbocycles. The van der Waals surface area contributed by atoms with Crippen molar-refractivity contribution in [1.82, 2.24) is 0 Å². The van der Waals surface area contributed by atoms with Gasteiger partial charge in [-0.25, -0.2) is 0 Å². The molecule has 0 aliphatic heterocycles. The summed E-state index contributed by atoms with van der Waals surface area (Å²) in [6, 6.07) is 2.11. The predicted molar refractivity (Wildman–Crippen MR) is 58.4 cm³/mol. The second-order valence-electron chi connectivity index (χ2n) is 3.59. The van der Waals surface area contributed by atoms with E-state index in [1.807, 2.05) is 0 Å². The molecule has 0 bridgehead atoms. The van der Waals surface area contributed by atoms with Crippen molar-refractivity contribution in [2.45, 2.75) is 24.8 Å². The summed E-state index contributed by atoms with van der Waals surface area (Å²) in [6.45, 7) is 0. The Morgan fingerprint density at radius 2 is 2.38 bits per heavy atom. The highest BCUT2D eigenvalue weighted by molar-refractivity contribution is 9.10. The normalized spacial score (nSPS) is 18.7. The largest absolute Gasteiger partial charge is 0.486 e. The lowest BCUT2D eigenvalue weighted by atomic mass is 10.2. The highest BCUT2D eigenvalue weighted by Crippen LogP contribution is 2.41. The Morgan fingerprint density at radius 1 is 1.69 bits per heavy atom. The second kappa shape index (κ2) is 3.26. The number of hydrogen-bond donors (Lipinski definition) is 1. The fourth-order valence-electron chi connectivity index (χ4n) is 1.31. The Balaban J connectivity index is 2.12. The van der Waals surface area contributed by atoms with Gasteiger partial charge in [-0.3, -0.25) is 0 Å². The van der Waals surface area contributed by atoms with E-state index in [1.165, 1.54) is 4.88 Å². The van der Waals surface area contributed by atoms with Gasteiger partial charge in [-0.1, -0.05) is 0 Å². The monoisotopic (exact) mass is 261 g/mol. The van der Waals surface area contributed by atoms with Gasteiger partial charge >= 0.3 is 0 Å². The first-order valence-electron chi connectivity index (χ1n) is 4.24. The first-order chi connectivity index (χ1) is 6.13. The lowest BCUT2D eigenvalue weighted by molar-refractivity contribution is 0.425. The molecule has 0 saturated heterocycles. The molecule has 1 aliphatic rings. The van der Waals surface area contributed by atoms with E-state index < -0.39 is 0 Å². The number of nitrogens with two attached hydrogens (primary N) is 1. The minimum absolute atomic E-state index is 0.0926. The maximum Gasteiger partial charge on any atom is 0.188 e. The van der Waals surface area contributed by atoms with Crippen LogP contribution in [0.1, 0.15) is 17.7 Å². The molecular weight excluding hydrogens is 250 g/mol. The van der Waals surface area contributed by atoms with E-state index in [4.69, 9.17) is 10.5 Å².